The number of rotatable bonds is 15. The van der Waals surface area contributed by atoms with Crippen molar-refractivity contribution in [3.63, 3.8) is 0 Å². The number of hydrogen-bond donors (Lipinski definition) is 1. The second-order valence-electron chi connectivity index (χ2n) is 9.81. The van der Waals surface area contributed by atoms with Crippen LogP contribution in [0.5, 0.6) is 11.5 Å². The Morgan fingerprint density at radius 1 is 0.952 bits per heavy atom. The van der Waals surface area contributed by atoms with Crippen LogP contribution in [0.2, 0.25) is 0 Å². The minimum atomic E-state index is -3.96. The number of amides is 2. The van der Waals surface area contributed by atoms with E-state index in [4.69, 9.17) is 9.47 Å². The molecule has 0 bridgehead atoms. The van der Waals surface area contributed by atoms with Crippen LogP contribution in [-0.4, -0.2) is 64.7 Å². The normalized spacial score (nSPS) is 11.8. The standard InChI is InChI=1S/C31H38BrN3O6S/c1-5-6-17-33-31(37)28(19-23-11-8-7-9-12-23)34(21-24-13-10-14-25(32)18-24)30(36)22-35(42(4,38)39)27-20-26(40-2)15-16-29(27)41-3/h7-16,18,20,28H,5-6,17,19,21-22H2,1-4H3,(H,33,37)/t28-/m1/s1. The predicted molar refractivity (Wildman–Crippen MR) is 168 cm³/mol. The quantitative estimate of drug-likeness (QED) is 0.235. The van der Waals surface area contributed by atoms with Crippen LogP contribution < -0.4 is 19.1 Å². The largest absolute Gasteiger partial charge is 0.497 e. The molecule has 0 aliphatic heterocycles. The average Bonchev–Trinajstić information content (AvgIpc) is 2.97. The molecule has 42 heavy (non-hydrogen) atoms. The number of nitrogens with one attached hydrogen (secondary N) is 1. The van der Waals surface area contributed by atoms with Gasteiger partial charge in [-0.15, -0.1) is 0 Å². The molecule has 0 saturated heterocycles. The summed E-state index contributed by atoms with van der Waals surface area (Å²) in [7, 11) is -1.08. The maximum atomic E-state index is 14.2. The summed E-state index contributed by atoms with van der Waals surface area (Å²) in [6.45, 7) is 2.03. The van der Waals surface area contributed by atoms with Crippen molar-refractivity contribution in [2.75, 3.05) is 37.9 Å². The molecule has 2 amide bonds. The Hall–Kier alpha value is -3.57. The van der Waals surface area contributed by atoms with Gasteiger partial charge in [0.25, 0.3) is 0 Å². The zero-order valence-electron chi connectivity index (χ0n) is 24.4. The van der Waals surface area contributed by atoms with Crippen molar-refractivity contribution >= 4 is 43.5 Å². The van der Waals surface area contributed by atoms with E-state index in [1.807, 2.05) is 61.5 Å². The molecule has 0 unspecified atom stereocenters. The highest BCUT2D eigenvalue weighted by Crippen LogP contribution is 2.34. The lowest BCUT2D eigenvalue weighted by molar-refractivity contribution is -0.140. The van der Waals surface area contributed by atoms with Crippen LogP contribution >= 0.6 is 15.9 Å². The lowest BCUT2D eigenvalue weighted by Crippen LogP contribution is -2.53. The minimum Gasteiger partial charge on any atom is -0.497 e. The maximum Gasteiger partial charge on any atom is 0.244 e. The first kappa shape index (κ1) is 32.9. The second kappa shape index (κ2) is 15.6. The van der Waals surface area contributed by atoms with Gasteiger partial charge >= 0.3 is 0 Å². The number of sulfonamides is 1. The molecule has 226 valence electrons. The molecule has 1 atom stereocenters. The number of ether oxygens (including phenoxy) is 2. The van der Waals surface area contributed by atoms with E-state index in [1.54, 1.807) is 12.1 Å². The molecule has 11 heteroatoms. The van der Waals surface area contributed by atoms with Gasteiger partial charge in [-0.3, -0.25) is 13.9 Å². The Morgan fingerprint density at radius 3 is 2.29 bits per heavy atom. The SMILES string of the molecule is CCCCNC(=O)[C@@H](Cc1ccccc1)N(Cc1cccc(Br)c1)C(=O)CN(c1cc(OC)ccc1OC)S(C)(=O)=O. The molecule has 1 N–H and O–H groups in total. The van der Waals surface area contributed by atoms with E-state index in [2.05, 4.69) is 21.2 Å². The van der Waals surface area contributed by atoms with Gasteiger partial charge in [-0.05, 0) is 41.8 Å². The highest BCUT2D eigenvalue weighted by molar-refractivity contribution is 9.10. The first-order valence-electron chi connectivity index (χ1n) is 13.6. The van der Waals surface area contributed by atoms with Crippen LogP contribution in [-0.2, 0) is 32.6 Å². The maximum absolute atomic E-state index is 14.2. The lowest BCUT2D eigenvalue weighted by atomic mass is 10.0. The van der Waals surface area contributed by atoms with E-state index in [0.717, 1.165) is 39.0 Å². The molecule has 0 aromatic heterocycles. The van der Waals surface area contributed by atoms with E-state index in [0.29, 0.717) is 12.3 Å². The number of hydrogen-bond acceptors (Lipinski definition) is 6. The summed E-state index contributed by atoms with van der Waals surface area (Å²) in [5.41, 5.74) is 1.80. The van der Waals surface area contributed by atoms with Gasteiger partial charge in [0.1, 0.15) is 24.1 Å². The van der Waals surface area contributed by atoms with Crippen LogP contribution in [0.15, 0.2) is 77.3 Å². The zero-order chi connectivity index (χ0) is 30.7. The molecule has 0 spiro atoms. The van der Waals surface area contributed by atoms with Crippen molar-refractivity contribution in [1.29, 1.82) is 0 Å². The molecule has 9 nitrogen and oxygen atoms in total. The average molecular weight is 661 g/mol. The molecule has 0 saturated carbocycles. The Bertz CT molecular complexity index is 1450. The number of carbonyl (C=O) groups is 2. The third-order valence-corrected chi connectivity index (χ3v) is 8.30. The van der Waals surface area contributed by atoms with Crippen LogP contribution in [0.1, 0.15) is 30.9 Å². The summed E-state index contributed by atoms with van der Waals surface area (Å²) in [6, 6.07) is 20.7. The van der Waals surface area contributed by atoms with Gasteiger partial charge in [-0.2, -0.15) is 0 Å². The van der Waals surface area contributed by atoms with Gasteiger partial charge in [0.15, 0.2) is 0 Å². The Labute approximate surface area is 257 Å². The van der Waals surface area contributed by atoms with Crippen molar-refractivity contribution in [3.8, 4) is 11.5 Å². The van der Waals surface area contributed by atoms with E-state index < -0.39 is 28.5 Å². The number of unbranched alkanes of at least 4 members (excludes halogenated alkanes) is 1. The smallest absolute Gasteiger partial charge is 0.244 e. The van der Waals surface area contributed by atoms with E-state index in [-0.39, 0.29) is 30.3 Å². The lowest BCUT2D eigenvalue weighted by Gasteiger charge is -2.34. The molecule has 0 fully saturated rings. The van der Waals surface area contributed by atoms with Crippen LogP contribution in [0.25, 0.3) is 0 Å². The van der Waals surface area contributed by atoms with E-state index >= 15 is 0 Å². The van der Waals surface area contributed by atoms with Gasteiger partial charge in [0, 0.05) is 30.0 Å². The molecular weight excluding hydrogens is 622 g/mol. The van der Waals surface area contributed by atoms with E-state index in [1.165, 1.54) is 25.2 Å². The van der Waals surface area contributed by atoms with Gasteiger partial charge in [-0.1, -0.05) is 71.7 Å². The van der Waals surface area contributed by atoms with Crippen molar-refractivity contribution in [3.05, 3.63) is 88.4 Å². The van der Waals surface area contributed by atoms with Gasteiger partial charge < -0.3 is 19.7 Å². The molecule has 0 aliphatic rings. The second-order valence-corrected chi connectivity index (χ2v) is 12.6. The zero-order valence-corrected chi connectivity index (χ0v) is 26.8. The Balaban J connectivity index is 2.09. The summed E-state index contributed by atoms with van der Waals surface area (Å²) in [6.07, 6.45) is 2.97. The Morgan fingerprint density at radius 2 is 1.67 bits per heavy atom. The highest BCUT2D eigenvalue weighted by atomic mass is 79.9. The van der Waals surface area contributed by atoms with Crippen LogP contribution in [0.3, 0.4) is 0 Å². The Kier molecular flexibility index (Phi) is 12.2. The number of carbonyl (C=O) groups excluding carboxylic acids is 2. The third kappa shape index (κ3) is 9.22. The molecule has 0 aliphatic carbocycles. The van der Waals surface area contributed by atoms with Crippen molar-refractivity contribution in [1.82, 2.24) is 10.2 Å². The van der Waals surface area contributed by atoms with Gasteiger partial charge in [-0.25, -0.2) is 8.42 Å². The fourth-order valence-corrected chi connectivity index (χ4v) is 5.77. The first-order valence-corrected chi connectivity index (χ1v) is 16.3. The van der Waals surface area contributed by atoms with Gasteiger partial charge in [0.05, 0.1) is 26.2 Å². The van der Waals surface area contributed by atoms with E-state index in [9.17, 15) is 18.0 Å². The number of halogens is 1. The van der Waals surface area contributed by atoms with Crippen LogP contribution in [0, 0.1) is 0 Å². The molecule has 0 heterocycles. The third-order valence-electron chi connectivity index (χ3n) is 6.68. The number of methoxy groups -OCH3 is 2. The van der Waals surface area contributed by atoms with Crippen molar-refractivity contribution < 1.29 is 27.5 Å². The van der Waals surface area contributed by atoms with Crippen molar-refractivity contribution in [2.24, 2.45) is 0 Å². The fraction of sp³-hybridized carbons (Fsp3) is 0.355. The summed E-state index contributed by atoms with van der Waals surface area (Å²) in [4.78, 5) is 29.4. The number of benzene rings is 3. The summed E-state index contributed by atoms with van der Waals surface area (Å²) < 4.78 is 38.8. The summed E-state index contributed by atoms with van der Waals surface area (Å²) in [5, 5.41) is 2.97. The molecule has 3 aromatic rings. The topological polar surface area (TPSA) is 105 Å². The molecule has 3 rings (SSSR count). The molecule has 3 aromatic carbocycles. The number of nitrogens with zero attached hydrogens (tertiary/aromatic N) is 2. The molecular formula is C31H38BrN3O6S. The summed E-state index contributed by atoms with van der Waals surface area (Å²) in [5.74, 6) is -0.196. The summed E-state index contributed by atoms with van der Waals surface area (Å²) >= 11 is 3.48. The van der Waals surface area contributed by atoms with Gasteiger partial charge in [0.2, 0.25) is 21.8 Å². The minimum absolute atomic E-state index is 0.0871. The highest BCUT2D eigenvalue weighted by Gasteiger charge is 2.33. The number of anilines is 1. The predicted octanol–water partition coefficient (Wildman–Crippen LogP) is 4.79. The monoisotopic (exact) mass is 659 g/mol. The first-order chi connectivity index (χ1) is 20.1. The van der Waals surface area contributed by atoms with Crippen molar-refractivity contribution in [2.45, 2.75) is 38.8 Å². The van der Waals surface area contributed by atoms with Crippen LogP contribution in [0.4, 0.5) is 5.69 Å². The fourth-order valence-electron chi connectivity index (χ4n) is 4.48. The molecule has 0 radical (unpaired) electrons.